The van der Waals surface area contributed by atoms with E-state index in [1.165, 1.54) is 12.3 Å². The van der Waals surface area contributed by atoms with Gasteiger partial charge in [-0.2, -0.15) is 18.3 Å². The van der Waals surface area contributed by atoms with Gasteiger partial charge >= 0.3 is 6.18 Å². The SMILES string of the molecule is Cn1cc(N2CCCC(Nc3ncccc3C(F)(F)F)C2)cn1. The summed E-state index contributed by atoms with van der Waals surface area (Å²) < 4.78 is 40.9. The molecule has 2 aromatic heterocycles. The summed E-state index contributed by atoms with van der Waals surface area (Å²) in [4.78, 5) is 6.00. The van der Waals surface area contributed by atoms with Crippen LogP contribution in [0.25, 0.3) is 0 Å². The van der Waals surface area contributed by atoms with Gasteiger partial charge in [0.15, 0.2) is 0 Å². The van der Waals surface area contributed by atoms with E-state index in [0.717, 1.165) is 31.1 Å². The first-order chi connectivity index (χ1) is 10.9. The molecule has 1 N–H and O–H groups in total. The van der Waals surface area contributed by atoms with Crippen LogP contribution in [0.5, 0.6) is 0 Å². The number of piperidine rings is 1. The lowest BCUT2D eigenvalue weighted by atomic mass is 10.0. The van der Waals surface area contributed by atoms with Crippen molar-refractivity contribution in [1.82, 2.24) is 14.8 Å². The molecule has 0 spiro atoms. The van der Waals surface area contributed by atoms with Crippen LogP contribution in [0.2, 0.25) is 0 Å². The van der Waals surface area contributed by atoms with E-state index in [4.69, 9.17) is 0 Å². The van der Waals surface area contributed by atoms with E-state index in [2.05, 4.69) is 20.3 Å². The first-order valence-electron chi connectivity index (χ1n) is 7.46. The summed E-state index contributed by atoms with van der Waals surface area (Å²) in [5.41, 5.74) is 0.259. The van der Waals surface area contributed by atoms with E-state index in [9.17, 15) is 13.2 Å². The third-order valence-electron chi connectivity index (χ3n) is 3.93. The molecule has 5 nitrogen and oxygen atoms in total. The molecule has 3 heterocycles. The molecule has 2 aromatic rings. The van der Waals surface area contributed by atoms with Gasteiger partial charge in [-0.3, -0.25) is 4.68 Å². The highest BCUT2D eigenvalue weighted by Gasteiger charge is 2.35. The quantitative estimate of drug-likeness (QED) is 0.942. The van der Waals surface area contributed by atoms with E-state index in [1.807, 2.05) is 13.2 Å². The summed E-state index contributed by atoms with van der Waals surface area (Å²) in [5.74, 6) is -0.0990. The zero-order valence-electron chi connectivity index (χ0n) is 12.7. The summed E-state index contributed by atoms with van der Waals surface area (Å²) >= 11 is 0. The molecule has 1 aliphatic rings. The summed E-state index contributed by atoms with van der Waals surface area (Å²) in [7, 11) is 1.84. The molecule has 0 radical (unpaired) electrons. The largest absolute Gasteiger partial charge is 0.419 e. The molecule has 8 heteroatoms. The molecular formula is C15H18F3N5. The molecule has 0 amide bonds. The topological polar surface area (TPSA) is 46.0 Å². The minimum absolute atomic E-state index is 0.0834. The molecule has 1 unspecified atom stereocenters. The van der Waals surface area contributed by atoms with Gasteiger partial charge in [0, 0.05) is 38.6 Å². The maximum absolute atomic E-state index is 13.0. The lowest BCUT2D eigenvalue weighted by Gasteiger charge is -2.34. The molecule has 1 aliphatic heterocycles. The number of nitrogens with one attached hydrogen (secondary N) is 1. The van der Waals surface area contributed by atoms with Gasteiger partial charge in [-0.15, -0.1) is 0 Å². The third kappa shape index (κ3) is 3.57. The second kappa shape index (κ2) is 6.10. The predicted molar refractivity (Wildman–Crippen MR) is 81.3 cm³/mol. The number of anilines is 2. The molecule has 3 rings (SSSR count). The summed E-state index contributed by atoms with van der Waals surface area (Å²) in [5, 5.41) is 7.10. The van der Waals surface area contributed by atoms with Crippen molar-refractivity contribution in [2.75, 3.05) is 23.3 Å². The number of nitrogens with zero attached hydrogens (tertiary/aromatic N) is 4. The molecule has 23 heavy (non-hydrogen) atoms. The predicted octanol–water partition coefficient (Wildman–Crippen LogP) is 2.91. The fraction of sp³-hybridized carbons (Fsp3) is 0.467. The highest BCUT2D eigenvalue weighted by Crippen LogP contribution is 2.34. The Kier molecular flexibility index (Phi) is 4.14. The number of rotatable bonds is 3. The number of hydrogen-bond acceptors (Lipinski definition) is 4. The number of halogens is 3. The van der Waals surface area contributed by atoms with Crippen LogP contribution < -0.4 is 10.2 Å². The van der Waals surface area contributed by atoms with E-state index < -0.39 is 11.7 Å². The third-order valence-corrected chi connectivity index (χ3v) is 3.93. The van der Waals surface area contributed by atoms with Crippen molar-refractivity contribution >= 4 is 11.5 Å². The molecule has 1 atom stereocenters. The summed E-state index contributed by atoms with van der Waals surface area (Å²) in [6.45, 7) is 1.50. The number of alkyl halides is 3. The molecular weight excluding hydrogens is 307 g/mol. The van der Waals surface area contributed by atoms with Gasteiger partial charge in [0.1, 0.15) is 5.82 Å². The minimum Gasteiger partial charge on any atom is -0.367 e. The van der Waals surface area contributed by atoms with Crippen molar-refractivity contribution in [2.24, 2.45) is 7.05 Å². The normalized spacial score (nSPS) is 19.0. The molecule has 124 valence electrons. The van der Waals surface area contributed by atoms with Gasteiger partial charge in [-0.1, -0.05) is 0 Å². The molecule has 1 saturated heterocycles. The Morgan fingerprint density at radius 2 is 2.17 bits per heavy atom. The smallest absolute Gasteiger partial charge is 0.367 e. The Morgan fingerprint density at radius 1 is 1.35 bits per heavy atom. The summed E-state index contributed by atoms with van der Waals surface area (Å²) in [6, 6.07) is 2.27. The highest BCUT2D eigenvalue weighted by molar-refractivity contribution is 5.48. The van der Waals surface area contributed by atoms with Crippen LogP contribution in [0, 0.1) is 0 Å². The first-order valence-corrected chi connectivity index (χ1v) is 7.46. The van der Waals surface area contributed by atoms with Crippen LogP contribution in [0.4, 0.5) is 24.7 Å². The van der Waals surface area contributed by atoms with E-state index in [0.29, 0.717) is 6.54 Å². The van der Waals surface area contributed by atoms with Gasteiger partial charge in [0.25, 0.3) is 0 Å². The average molecular weight is 325 g/mol. The minimum atomic E-state index is -4.41. The van der Waals surface area contributed by atoms with Crippen LogP contribution in [-0.2, 0) is 13.2 Å². The Bertz CT molecular complexity index is 667. The zero-order valence-corrected chi connectivity index (χ0v) is 12.7. The second-order valence-electron chi connectivity index (χ2n) is 5.70. The van der Waals surface area contributed by atoms with Crippen LogP contribution in [0.3, 0.4) is 0 Å². The van der Waals surface area contributed by atoms with Crippen LogP contribution >= 0.6 is 0 Å². The fourth-order valence-corrected chi connectivity index (χ4v) is 2.84. The van der Waals surface area contributed by atoms with Crippen LogP contribution in [0.1, 0.15) is 18.4 Å². The lowest BCUT2D eigenvalue weighted by Crippen LogP contribution is -2.42. The molecule has 0 aliphatic carbocycles. The number of hydrogen-bond donors (Lipinski definition) is 1. The average Bonchev–Trinajstić information content (AvgIpc) is 2.94. The maximum atomic E-state index is 13.0. The van der Waals surface area contributed by atoms with Gasteiger partial charge in [0.05, 0.1) is 17.4 Å². The molecule has 0 bridgehead atoms. The van der Waals surface area contributed by atoms with Crippen LogP contribution in [0.15, 0.2) is 30.7 Å². The Morgan fingerprint density at radius 3 is 2.87 bits per heavy atom. The van der Waals surface area contributed by atoms with E-state index in [-0.39, 0.29) is 11.9 Å². The second-order valence-corrected chi connectivity index (χ2v) is 5.70. The van der Waals surface area contributed by atoms with Crippen molar-refractivity contribution < 1.29 is 13.2 Å². The highest BCUT2D eigenvalue weighted by atomic mass is 19.4. The molecule has 0 saturated carbocycles. The van der Waals surface area contributed by atoms with Crippen molar-refractivity contribution in [3.8, 4) is 0 Å². The fourth-order valence-electron chi connectivity index (χ4n) is 2.84. The standard InChI is InChI=1S/C15H18F3N5/c1-22-10-12(8-20-22)23-7-3-4-11(9-23)21-14-13(15(16,17)18)5-2-6-19-14/h2,5-6,8,10-11H,3-4,7,9H2,1H3,(H,19,21). The Balaban J connectivity index is 1.73. The number of aromatic nitrogens is 3. The number of pyridine rings is 1. The Hall–Kier alpha value is -2.25. The van der Waals surface area contributed by atoms with Crippen LogP contribution in [-0.4, -0.2) is 33.9 Å². The monoisotopic (exact) mass is 325 g/mol. The zero-order chi connectivity index (χ0) is 16.4. The maximum Gasteiger partial charge on any atom is 0.419 e. The van der Waals surface area contributed by atoms with Crippen molar-refractivity contribution in [3.63, 3.8) is 0 Å². The summed E-state index contributed by atoms with van der Waals surface area (Å²) in [6.07, 6.45) is 2.35. The lowest BCUT2D eigenvalue weighted by molar-refractivity contribution is -0.137. The van der Waals surface area contributed by atoms with Gasteiger partial charge < -0.3 is 10.2 Å². The van der Waals surface area contributed by atoms with Crippen molar-refractivity contribution in [1.29, 1.82) is 0 Å². The van der Waals surface area contributed by atoms with E-state index >= 15 is 0 Å². The first kappa shape index (κ1) is 15.6. The van der Waals surface area contributed by atoms with E-state index in [1.54, 1.807) is 10.9 Å². The van der Waals surface area contributed by atoms with Gasteiger partial charge in [0.2, 0.25) is 0 Å². The van der Waals surface area contributed by atoms with Crippen molar-refractivity contribution in [3.05, 3.63) is 36.3 Å². The molecule has 0 aromatic carbocycles. The van der Waals surface area contributed by atoms with Gasteiger partial charge in [-0.05, 0) is 25.0 Å². The Labute approximate surface area is 132 Å². The number of aryl methyl sites for hydroxylation is 1. The van der Waals surface area contributed by atoms with Gasteiger partial charge in [-0.25, -0.2) is 4.98 Å². The van der Waals surface area contributed by atoms with Crippen molar-refractivity contribution in [2.45, 2.75) is 25.1 Å². The molecule has 1 fully saturated rings.